The lowest BCUT2D eigenvalue weighted by molar-refractivity contribution is -0.00633. The fourth-order valence-corrected chi connectivity index (χ4v) is 4.33. The Morgan fingerprint density at radius 2 is 2.07 bits per heavy atom. The van der Waals surface area contributed by atoms with Crippen LogP contribution in [0.3, 0.4) is 0 Å². The van der Waals surface area contributed by atoms with E-state index in [0.29, 0.717) is 48.8 Å². The largest absolute Gasteiger partial charge is 0.484 e. The Morgan fingerprint density at radius 3 is 2.86 bits per heavy atom. The molecule has 1 spiro atoms. The number of carbonyl (C=O) groups excluding carboxylic acids is 2. The number of rotatable bonds is 1. The Morgan fingerprint density at radius 1 is 1.28 bits per heavy atom. The number of nitrogens with zero attached hydrogens (tertiary/aromatic N) is 3. The number of carbonyl (C=O) groups is 2. The van der Waals surface area contributed by atoms with Crippen LogP contribution < -0.4 is 10.5 Å². The number of fused-ring (bicyclic) bond motifs is 2. The van der Waals surface area contributed by atoms with E-state index in [1.54, 1.807) is 18.3 Å². The van der Waals surface area contributed by atoms with Crippen molar-refractivity contribution >= 4 is 28.4 Å². The van der Waals surface area contributed by atoms with Crippen LogP contribution >= 0.6 is 0 Å². The first kappa shape index (κ1) is 17.7. The summed E-state index contributed by atoms with van der Waals surface area (Å²) in [5, 5.41) is 7.93. The predicted octanol–water partition coefficient (Wildman–Crippen LogP) is 2.49. The van der Waals surface area contributed by atoms with Crippen molar-refractivity contribution in [2.45, 2.75) is 31.8 Å². The van der Waals surface area contributed by atoms with Gasteiger partial charge in [0, 0.05) is 36.9 Å². The molecular weight excluding hydrogens is 370 g/mol. The van der Waals surface area contributed by atoms with E-state index in [1.165, 1.54) is 0 Å². The normalized spacial score (nSPS) is 18.0. The van der Waals surface area contributed by atoms with Crippen LogP contribution in [0.15, 0.2) is 30.5 Å². The first-order valence-corrected chi connectivity index (χ1v) is 9.66. The third kappa shape index (κ3) is 2.91. The molecule has 2 aliphatic heterocycles. The molecule has 3 N–H and O–H groups in total. The van der Waals surface area contributed by atoms with Crippen molar-refractivity contribution in [2.24, 2.45) is 0 Å². The molecule has 0 bridgehead atoms. The van der Waals surface area contributed by atoms with Crippen LogP contribution in [0.2, 0.25) is 0 Å². The van der Waals surface area contributed by atoms with E-state index in [2.05, 4.69) is 15.2 Å². The average molecular weight is 391 g/mol. The van der Waals surface area contributed by atoms with Gasteiger partial charge in [-0.15, -0.1) is 0 Å². The number of aromatic amines is 1. The van der Waals surface area contributed by atoms with E-state index in [0.717, 1.165) is 16.5 Å². The highest BCUT2D eigenvalue weighted by Crippen LogP contribution is 2.39. The number of hydrogen-bond donors (Lipinski definition) is 2. The predicted molar refractivity (Wildman–Crippen MR) is 107 cm³/mol. The quantitative estimate of drug-likeness (QED) is 0.659. The first-order chi connectivity index (χ1) is 13.9. The van der Waals surface area contributed by atoms with Gasteiger partial charge in [-0.3, -0.25) is 14.7 Å². The summed E-state index contributed by atoms with van der Waals surface area (Å²) in [4.78, 5) is 31.6. The van der Waals surface area contributed by atoms with E-state index in [9.17, 15) is 9.59 Å². The highest BCUT2D eigenvalue weighted by Gasteiger charge is 2.44. The van der Waals surface area contributed by atoms with Crippen molar-refractivity contribution in [1.29, 1.82) is 0 Å². The topological polar surface area (TPSA) is 114 Å². The van der Waals surface area contributed by atoms with Crippen LogP contribution in [0.1, 0.15) is 45.7 Å². The number of benzene rings is 1. The molecule has 29 heavy (non-hydrogen) atoms. The van der Waals surface area contributed by atoms with Crippen molar-refractivity contribution in [3.05, 3.63) is 47.3 Å². The van der Waals surface area contributed by atoms with Crippen LogP contribution in [0.5, 0.6) is 5.75 Å². The summed E-state index contributed by atoms with van der Waals surface area (Å²) < 4.78 is 6.20. The lowest BCUT2D eigenvalue weighted by atomic mass is 9.83. The number of hydrogen-bond acceptors (Lipinski definition) is 6. The van der Waals surface area contributed by atoms with Crippen LogP contribution in [0.25, 0.3) is 10.9 Å². The molecule has 2 aliphatic rings. The number of anilines is 1. The lowest BCUT2D eigenvalue weighted by Crippen LogP contribution is -2.52. The maximum absolute atomic E-state index is 13.1. The molecule has 1 aromatic carbocycles. The van der Waals surface area contributed by atoms with Gasteiger partial charge >= 0.3 is 0 Å². The number of pyridine rings is 1. The van der Waals surface area contributed by atoms with Crippen molar-refractivity contribution in [1.82, 2.24) is 20.1 Å². The van der Waals surface area contributed by atoms with Crippen LogP contribution in [0.4, 0.5) is 5.82 Å². The zero-order valence-corrected chi connectivity index (χ0v) is 16.1. The van der Waals surface area contributed by atoms with Gasteiger partial charge in [-0.2, -0.15) is 5.10 Å². The molecule has 0 atom stereocenters. The minimum Gasteiger partial charge on any atom is -0.484 e. The third-order valence-electron chi connectivity index (χ3n) is 5.91. The number of Topliss-reactive ketones (excluding diaryl/α,β-unsaturated/α-hetero) is 1. The number of ether oxygens (including phenoxy) is 1. The van der Waals surface area contributed by atoms with Crippen molar-refractivity contribution < 1.29 is 14.3 Å². The molecule has 1 fully saturated rings. The summed E-state index contributed by atoms with van der Waals surface area (Å²) in [6, 6.07) is 7.10. The van der Waals surface area contributed by atoms with Gasteiger partial charge in [0.25, 0.3) is 5.91 Å². The van der Waals surface area contributed by atoms with E-state index in [1.807, 2.05) is 24.0 Å². The van der Waals surface area contributed by atoms with E-state index >= 15 is 0 Å². The second-order valence-corrected chi connectivity index (χ2v) is 7.89. The molecular formula is C21H21N5O3. The molecule has 1 amide bonds. The molecule has 3 aromatic rings. The Hall–Kier alpha value is -3.42. The van der Waals surface area contributed by atoms with Crippen molar-refractivity contribution in [2.75, 3.05) is 18.8 Å². The number of nitrogens with two attached hydrogens (primary N) is 1. The summed E-state index contributed by atoms with van der Waals surface area (Å²) in [5.74, 6) is 0.723. The SMILES string of the molecule is Cc1cc(C(=O)N2CCC3(CC2)CC(=O)c2nc(N)ccc2O3)cc2cn[nH]c12. The van der Waals surface area contributed by atoms with Gasteiger partial charge in [-0.25, -0.2) is 4.98 Å². The molecule has 1 saturated heterocycles. The zero-order chi connectivity index (χ0) is 20.2. The maximum Gasteiger partial charge on any atom is 0.253 e. The van der Waals surface area contributed by atoms with Crippen molar-refractivity contribution in [3.63, 3.8) is 0 Å². The fraction of sp³-hybridized carbons (Fsp3) is 0.333. The highest BCUT2D eigenvalue weighted by atomic mass is 16.5. The highest BCUT2D eigenvalue weighted by molar-refractivity contribution is 6.00. The monoisotopic (exact) mass is 391 g/mol. The number of H-pyrrole nitrogens is 1. The first-order valence-electron chi connectivity index (χ1n) is 9.66. The molecule has 8 heteroatoms. The Bertz CT molecular complexity index is 1140. The number of aryl methyl sites for hydroxylation is 1. The number of aromatic nitrogens is 3. The number of piperidine rings is 1. The minimum absolute atomic E-state index is 0.0111. The van der Waals surface area contributed by atoms with Crippen molar-refractivity contribution in [3.8, 4) is 5.75 Å². The summed E-state index contributed by atoms with van der Waals surface area (Å²) >= 11 is 0. The summed E-state index contributed by atoms with van der Waals surface area (Å²) in [6.45, 7) is 3.03. The van der Waals surface area contributed by atoms with Crippen LogP contribution in [0, 0.1) is 6.92 Å². The van der Waals surface area contributed by atoms with Gasteiger partial charge in [0.2, 0.25) is 0 Å². The third-order valence-corrected chi connectivity index (χ3v) is 5.91. The molecule has 0 radical (unpaired) electrons. The maximum atomic E-state index is 13.1. The van der Waals surface area contributed by atoms with Crippen LogP contribution in [-0.2, 0) is 0 Å². The number of nitrogen functional groups attached to an aromatic ring is 1. The lowest BCUT2D eigenvalue weighted by Gasteiger charge is -2.43. The van der Waals surface area contributed by atoms with Gasteiger partial charge in [0.1, 0.15) is 17.2 Å². The molecule has 0 saturated carbocycles. The number of ketones is 1. The second kappa shape index (κ2) is 6.30. The molecule has 4 heterocycles. The van der Waals surface area contributed by atoms with E-state index in [4.69, 9.17) is 10.5 Å². The minimum atomic E-state index is -0.580. The van der Waals surface area contributed by atoms with Gasteiger partial charge in [0.05, 0.1) is 18.1 Å². The molecule has 2 aromatic heterocycles. The molecule has 8 nitrogen and oxygen atoms in total. The van der Waals surface area contributed by atoms with Gasteiger partial charge in [-0.05, 0) is 36.8 Å². The average Bonchev–Trinajstić information content (AvgIpc) is 3.18. The Labute approximate surface area is 167 Å². The summed E-state index contributed by atoms with van der Waals surface area (Å²) in [5.41, 5.74) is 8.00. The van der Waals surface area contributed by atoms with Crippen LogP contribution in [-0.4, -0.2) is 50.5 Å². The second-order valence-electron chi connectivity index (χ2n) is 7.89. The van der Waals surface area contributed by atoms with Gasteiger partial charge in [-0.1, -0.05) is 0 Å². The van der Waals surface area contributed by atoms with E-state index in [-0.39, 0.29) is 18.1 Å². The molecule has 148 valence electrons. The number of amides is 1. The van der Waals surface area contributed by atoms with Gasteiger partial charge < -0.3 is 15.4 Å². The number of likely N-dealkylation sites (tertiary alicyclic amines) is 1. The Balaban J connectivity index is 1.34. The number of nitrogens with one attached hydrogen (secondary N) is 1. The smallest absolute Gasteiger partial charge is 0.253 e. The fourth-order valence-electron chi connectivity index (χ4n) is 4.33. The standard InChI is InChI=1S/C21H21N5O3/c1-12-8-13(9-14-11-23-25-18(12)14)20(28)26-6-4-21(5-7-26)10-15(27)19-16(29-21)2-3-17(22)24-19/h2-3,8-9,11H,4-7,10H2,1H3,(H2,22,24)(H,23,25). The molecule has 0 aliphatic carbocycles. The van der Waals surface area contributed by atoms with E-state index < -0.39 is 5.60 Å². The van der Waals surface area contributed by atoms with Gasteiger partial charge in [0.15, 0.2) is 11.5 Å². The summed E-state index contributed by atoms with van der Waals surface area (Å²) in [7, 11) is 0. The zero-order valence-electron chi connectivity index (χ0n) is 16.1. The molecule has 0 unspecified atom stereocenters. The summed E-state index contributed by atoms with van der Waals surface area (Å²) in [6.07, 6.45) is 3.19. The molecule has 5 rings (SSSR count). The Kier molecular flexibility index (Phi) is 3.84.